The van der Waals surface area contributed by atoms with Gasteiger partial charge in [0.15, 0.2) is 0 Å². The normalized spacial score (nSPS) is 13.6. The van der Waals surface area contributed by atoms with E-state index in [4.69, 9.17) is 4.74 Å². The average Bonchev–Trinajstić information content (AvgIpc) is 2.31. The minimum Gasteiger partial charge on any atom is -0.374 e. The molecule has 0 saturated carbocycles. The van der Waals surface area contributed by atoms with E-state index >= 15 is 0 Å². The molecule has 0 aliphatic rings. The summed E-state index contributed by atoms with van der Waals surface area (Å²) in [5.74, 6) is 0.682. The summed E-state index contributed by atoms with van der Waals surface area (Å²) in [6, 6.07) is 0.473. The van der Waals surface area contributed by atoms with E-state index in [9.17, 15) is 4.79 Å². The van der Waals surface area contributed by atoms with E-state index in [2.05, 4.69) is 37.9 Å². The fraction of sp³-hybridized carbons (Fsp3) is 0.938. The molecule has 0 aromatic heterocycles. The van der Waals surface area contributed by atoms with Crippen LogP contribution in [0.2, 0.25) is 0 Å². The predicted molar refractivity (Wildman–Crippen MR) is 84.9 cm³/mol. The minimum absolute atomic E-state index is 0.110. The Kier molecular flexibility index (Phi) is 9.86. The summed E-state index contributed by atoms with van der Waals surface area (Å²) in [5.41, 5.74) is 0. The van der Waals surface area contributed by atoms with Crippen molar-refractivity contribution < 1.29 is 9.53 Å². The summed E-state index contributed by atoms with van der Waals surface area (Å²) < 4.78 is 5.85. The molecular weight excluding hydrogens is 252 g/mol. The Morgan fingerprint density at radius 2 is 1.75 bits per heavy atom. The maximum Gasteiger partial charge on any atom is 0.221 e. The molecule has 0 aliphatic heterocycles. The lowest BCUT2D eigenvalue weighted by Gasteiger charge is -2.23. The molecule has 0 bridgehead atoms. The molecule has 0 aliphatic carbocycles. The molecule has 20 heavy (non-hydrogen) atoms. The second-order valence-corrected chi connectivity index (χ2v) is 6.56. The van der Waals surface area contributed by atoms with Crippen molar-refractivity contribution in [3.05, 3.63) is 0 Å². The number of ether oxygens (including phenoxy) is 1. The van der Waals surface area contributed by atoms with Gasteiger partial charge in [0.25, 0.3) is 0 Å². The first kappa shape index (κ1) is 19.4. The fourth-order valence-corrected chi connectivity index (χ4v) is 1.95. The molecular formula is C16H34N2O2. The lowest BCUT2D eigenvalue weighted by Crippen LogP contribution is -2.37. The number of carbonyl (C=O) groups is 1. The number of rotatable bonds is 10. The highest BCUT2D eigenvalue weighted by Gasteiger charge is 2.15. The summed E-state index contributed by atoms with van der Waals surface area (Å²) in [6.07, 6.45) is 1.83. The van der Waals surface area contributed by atoms with Gasteiger partial charge < -0.3 is 15.0 Å². The van der Waals surface area contributed by atoms with Gasteiger partial charge in [0.05, 0.1) is 12.2 Å². The van der Waals surface area contributed by atoms with E-state index in [-0.39, 0.29) is 18.1 Å². The van der Waals surface area contributed by atoms with Gasteiger partial charge >= 0.3 is 0 Å². The molecule has 0 spiro atoms. The molecule has 0 radical (unpaired) electrons. The van der Waals surface area contributed by atoms with Gasteiger partial charge in [-0.2, -0.15) is 0 Å². The molecule has 0 saturated heterocycles. The Hall–Kier alpha value is -0.610. The van der Waals surface area contributed by atoms with Crippen molar-refractivity contribution in [1.29, 1.82) is 0 Å². The molecule has 0 aromatic rings. The third-order valence-corrected chi connectivity index (χ3v) is 3.30. The van der Waals surface area contributed by atoms with Gasteiger partial charge in [0, 0.05) is 25.6 Å². The Morgan fingerprint density at radius 3 is 2.20 bits per heavy atom. The lowest BCUT2D eigenvalue weighted by atomic mass is 10.1. The highest BCUT2D eigenvalue weighted by Crippen LogP contribution is 2.10. The second-order valence-electron chi connectivity index (χ2n) is 6.56. The summed E-state index contributed by atoms with van der Waals surface area (Å²) in [4.78, 5) is 14.0. The van der Waals surface area contributed by atoms with E-state index in [1.807, 2.05) is 20.9 Å². The van der Waals surface area contributed by atoms with Crippen LogP contribution in [0.4, 0.5) is 0 Å². The third-order valence-electron chi connectivity index (χ3n) is 3.30. The average molecular weight is 286 g/mol. The topological polar surface area (TPSA) is 41.6 Å². The third kappa shape index (κ3) is 10.2. The molecule has 1 N–H and O–H groups in total. The van der Waals surface area contributed by atoms with Gasteiger partial charge in [-0.3, -0.25) is 4.79 Å². The zero-order valence-corrected chi connectivity index (χ0v) is 14.4. The summed E-state index contributed by atoms with van der Waals surface area (Å²) in [5, 5.41) is 3.00. The molecule has 4 heteroatoms. The number of hydrogen-bond acceptors (Lipinski definition) is 3. The van der Waals surface area contributed by atoms with Crippen molar-refractivity contribution in [1.82, 2.24) is 10.2 Å². The van der Waals surface area contributed by atoms with E-state index in [0.29, 0.717) is 24.9 Å². The van der Waals surface area contributed by atoms with Crippen molar-refractivity contribution >= 4 is 5.91 Å². The number of hydrogen-bond donors (Lipinski definition) is 1. The zero-order chi connectivity index (χ0) is 15.7. The van der Waals surface area contributed by atoms with Crippen LogP contribution in [0, 0.1) is 5.92 Å². The quantitative estimate of drug-likeness (QED) is 0.671. The number of carbonyl (C=O) groups excluding carboxylic acids is 1. The highest BCUT2D eigenvalue weighted by molar-refractivity contribution is 5.76. The molecule has 0 heterocycles. The summed E-state index contributed by atoms with van der Waals surface area (Å²) in [7, 11) is 2.04. The van der Waals surface area contributed by atoms with E-state index < -0.39 is 0 Å². The monoisotopic (exact) mass is 286 g/mol. The number of nitrogens with zero attached hydrogens (tertiary/aromatic N) is 1. The molecule has 0 aromatic carbocycles. The fourth-order valence-electron chi connectivity index (χ4n) is 1.95. The Bertz CT molecular complexity index is 255. The maximum atomic E-state index is 11.9. The standard InChI is InChI=1S/C16H34N2O2/c1-12(2)10-15(20-14(5)6)11-17-16(19)8-9-18(7)13(3)4/h12-15H,8-11H2,1-7H3,(H,17,19). The first-order chi connectivity index (χ1) is 9.22. The SMILES string of the molecule is CC(C)CC(CNC(=O)CCN(C)C(C)C)OC(C)C. The van der Waals surface area contributed by atoms with Crippen LogP contribution in [0.1, 0.15) is 54.4 Å². The number of amides is 1. The van der Waals surface area contributed by atoms with Crippen LogP contribution in [0.25, 0.3) is 0 Å². The molecule has 1 atom stereocenters. The van der Waals surface area contributed by atoms with Gasteiger partial charge in [-0.25, -0.2) is 0 Å². The Labute approximate surface area is 125 Å². The Balaban J connectivity index is 4.03. The molecule has 120 valence electrons. The van der Waals surface area contributed by atoms with Gasteiger partial charge in [-0.05, 0) is 47.1 Å². The van der Waals surface area contributed by atoms with E-state index in [1.165, 1.54) is 0 Å². The van der Waals surface area contributed by atoms with Gasteiger partial charge in [-0.1, -0.05) is 13.8 Å². The smallest absolute Gasteiger partial charge is 0.221 e. The van der Waals surface area contributed by atoms with Crippen LogP contribution in [-0.2, 0) is 9.53 Å². The molecule has 0 rings (SSSR count). The van der Waals surface area contributed by atoms with Crippen LogP contribution in [0.5, 0.6) is 0 Å². The molecule has 1 amide bonds. The van der Waals surface area contributed by atoms with Crippen molar-refractivity contribution in [3.63, 3.8) is 0 Å². The van der Waals surface area contributed by atoms with Crippen molar-refractivity contribution in [2.75, 3.05) is 20.1 Å². The van der Waals surface area contributed by atoms with E-state index in [0.717, 1.165) is 13.0 Å². The maximum absolute atomic E-state index is 11.9. The molecule has 4 nitrogen and oxygen atoms in total. The minimum atomic E-state index is 0.110. The van der Waals surface area contributed by atoms with Crippen LogP contribution in [0.3, 0.4) is 0 Å². The largest absolute Gasteiger partial charge is 0.374 e. The zero-order valence-electron chi connectivity index (χ0n) is 14.4. The van der Waals surface area contributed by atoms with Crippen LogP contribution in [-0.4, -0.2) is 49.2 Å². The Morgan fingerprint density at radius 1 is 1.15 bits per heavy atom. The first-order valence-corrected chi connectivity index (χ1v) is 7.84. The van der Waals surface area contributed by atoms with Crippen LogP contribution in [0.15, 0.2) is 0 Å². The second kappa shape index (κ2) is 10.2. The summed E-state index contributed by atoms with van der Waals surface area (Å²) >= 11 is 0. The van der Waals surface area contributed by atoms with Crippen LogP contribution >= 0.6 is 0 Å². The van der Waals surface area contributed by atoms with Crippen molar-refractivity contribution in [2.24, 2.45) is 5.92 Å². The number of nitrogens with one attached hydrogen (secondary N) is 1. The predicted octanol–water partition coefficient (Wildman–Crippen LogP) is 2.67. The first-order valence-electron chi connectivity index (χ1n) is 7.84. The lowest BCUT2D eigenvalue weighted by molar-refractivity contribution is -0.122. The van der Waals surface area contributed by atoms with Crippen molar-refractivity contribution in [2.45, 2.75) is 72.6 Å². The van der Waals surface area contributed by atoms with Gasteiger partial charge in [0.1, 0.15) is 0 Å². The highest BCUT2D eigenvalue weighted by atomic mass is 16.5. The molecule has 0 fully saturated rings. The van der Waals surface area contributed by atoms with Gasteiger partial charge in [0.2, 0.25) is 5.91 Å². The van der Waals surface area contributed by atoms with E-state index in [1.54, 1.807) is 0 Å². The molecule has 1 unspecified atom stereocenters. The van der Waals surface area contributed by atoms with Crippen LogP contribution < -0.4 is 5.32 Å². The van der Waals surface area contributed by atoms with Gasteiger partial charge in [-0.15, -0.1) is 0 Å². The van der Waals surface area contributed by atoms with Crippen molar-refractivity contribution in [3.8, 4) is 0 Å². The summed E-state index contributed by atoms with van der Waals surface area (Å²) in [6.45, 7) is 14.1.